The summed E-state index contributed by atoms with van der Waals surface area (Å²) in [5.74, 6) is 0.205. The fourth-order valence-electron chi connectivity index (χ4n) is 3.02. The van der Waals surface area contributed by atoms with E-state index in [4.69, 9.17) is 16.6 Å². The number of piperidine rings is 1. The van der Waals surface area contributed by atoms with E-state index in [1.165, 1.54) is 11.8 Å². The zero-order chi connectivity index (χ0) is 17.4. The molecule has 8 heteroatoms. The van der Waals surface area contributed by atoms with Gasteiger partial charge in [0.2, 0.25) is 0 Å². The first kappa shape index (κ1) is 16.3. The molecule has 0 aliphatic carbocycles. The van der Waals surface area contributed by atoms with Crippen LogP contribution in [0.3, 0.4) is 0 Å². The largest absolute Gasteiger partial charge is 0.456 e. The molecule has 0 unspecified atom stereocenters. The Balaban J connectivity index is 1.69. The molecular formula is C17H15N3O3S2. The third-order valence-electron chi connectivity index (χ3n) is 4.23. The van der Waals surface area contributed by atoms with Gasteiger partial charge in [0.05, 0.1) is 4.91 Å². The molecular weight excluding hydrogens is 358 g/mol. The predicted molar refractivity (Wildman–Crippen MR) is 100 cm³/mol. The number of amides is 2. The molecule has 2 aliphatic rings. The number of furan rings is 1. The van der Waals surface area contributed by atoms with Crippen LogP contribution in [0.15, 0.2) is 27.8 Å². The van der Waals surface area contributed by atoms with Crippen LogP contribution in [0, 0.1) is 0 Å². The van der Waals surface area contributed by atoms with Crippen LogP contribution in [0.1, 0.15) is 35.4 Å². The number of likely N-dealkylation sites (tertiary alicyclic amines) is 1. The lowest BCUT2D eigenvalue weighted by atomic mass is 10.1. The normalized spacial score (nSPS) is 19.7. The number of pyridine rings is 1. The quantitative estimate of drug-likeness (QED) is 0.644. The Morgan fingerprint density at radius 2 is 2.12 bits per heavy atom. The average molecular weight is 373 g/mol. The van der Waals surface area contributed by atoms with Gasteiger partial charge in [-0.15, -0.1) is 0 Å². The number of nitrogens with one attached hydrogen (secondary N) is 1. The van der Waals surface area contributed by atoms with Crippen molar-refractivity contribution >= 4 is 57.2 Å². The lowest BCUT2D eigenvalue weighted by Crippen LogP contribution is -2.35. The van der Waals surface area contributed by atoms with Gasteiger partial charge in [0, 0.05) is 36.9 Å². The molecule has 4 heterocycles. The summed E-state index contributed by atoms with van der Waals surface area (Å²) in [6.07, 6.45) is 8.04. The molecule has 1 N–H and O–H groups in total. The van der Waals surface area contributed by atoms with Crippen molar-refractivity contribution in [1.29, 1.82) is 0 Å². The van der Waals surface area contributed by atoms with Gasteiger partial charge in [-0.05, 0) is 25.3 Å². The smallest absolute Gasteiger partial charge is 0.263 e. The van der Waals surface area contributed by atoms with E-state index in [2.05, 4.69) is 10.3 Å². The van der Waals surface area contributed by atoms with Crippen molar-refractivity contribution in [3.8, 4) is 0 Å². The van der Waals surface area contributed by atoms with Crippen LogP contribution in [-0.2, 0) is 4.79 Å². The highest BCUT2D eigenvalue weighted by molar-refractivity contribution is 8.26. The molecule has 128 valence electrons. The van der Waals surface area contributed by atoms with Crippen molar-refractivity contribution in [2.75, 3.05) is 13.1 Å². The highest BCUT2D eigenvalue weighted by Gasteiger charge is 2.24. The minimum absolute atomic E-state index is 0.0551. The van der Waals surface area contributed by atoms with Gasteiger partial charge < -0.3 is 14.6 Å². The molecule has 0 atom stereocenters. The molecule has 0 bridgehead atoms. The standard InChI is InChI=1S/C17H15N3O3S2/c21-15-13(25-17(24)19-15)7-11-6-10-8-18-9-12(14(10)23-11)16(22)20-4-2-1-3-5-20/h6-9H,1-5H2,(H,19,21,24)/b13-7+. The summed E-state index contributed by atoms with van der Waals surface area (Å²) in [6.45, 7) is 1.53. The number of carbonyl (C=O) groups excluding carboxylic acids is 2. The topological polar surface area (TPSA) is 75.4 Å². The van der Waals surface area contributed by atoms with Gasteiger partial charge in [-0.3, -0.25) is 14.6 Å². The number of hydrogen-bond acceptors (Lipinski definition) is 6. The Hall–Kier alpha value is -2.19. The van der Waals surface area contributed by atoms with Gasteiger partial charge in [0.1, 0.15) is 15.6 Å². The second-order valence-electron chi connectivity index (χ2n) is 5.96. The molecule has 2 aromatic heterocycles. The summed E-state index contributed by atoms with van der Waals surface area (Å²) in [5, 5.41) is 3.30. The maximum atomic E-state index is 12.8. The highest BCUT2D eigenvalue weighted by atomic mass is 32.2. The van der Waals surface area contributed by atoms with E-state index >= 15 is 0 Å². The molecule has 0 saturated carbocycles. The van der Waals surface area contributed by atoms with Crippen molar-refractivity contribution in [3.05, 3.63) is 34.7 Å². The monoisotopic (exact) mass is 373 g/mol. The van der Waals surface area contributed by atoms with Crippen molar-refractivity contribution in [1.82, 2.24) is 15.2 Å². The van der Waals surface area contributed by atoms with Crippen molar-refractivity contribution in [2.45, 2.75) is 19.3 Å². The summed E-state index contributed by atoms with van der Waals surface area (Å²) < 4.78 is 6.28. The summed E-state index contributed by atoms with van der Waals surface area (Å²) in [6, 6.07) is 1.78. The zero-order valence-corrected chi connectivity index (χ0v) is 14.9. The van der Waals surface area contributed by atoms with Crippen LogP contribution in [0.5, 0.6) is 0 Å². The number of thioether (sulfide) groups is 1. The van der Waals surface area contributed by atoms with Crippen molar-refractivity contribution in [3.63, 3.8) is 0 Å². The summed E-state index contributed by atoms with van der Waals surface area (Å²) in [4.78, 5) is 31.1. The second kappa shape index (κ2) is 6.61. The molecule has 0 spiro atoms. The molecule has 25 heavy (non-hydrogen) atoms. The third-order valence-corrected chi connectivity index (χ3v) is 5.39. The molecule has 2 saturated heterocycles. The Labute approximate surface area is 153 Å². The van der Waals surface area contributed by atoms with Crippen LogP contribution in [-0.4, -0.2) is 39.1 Å². The Bertz CT molecular complexity index is 913. The summed E-state index contributed by atoms with van der Waals surface area (Å²) in [7, 11) is 0. The molecule has 0 radical (unpaired) electrons. The molecule has 2 fully saturated rings. The minimum Gasteiger partial charge on any atom is -0.456 e. The van der Waals surface area contributed by atoms with Crippen LogP contribution in [0.25, 0.3) is 17.0 Å². The lowest BCUT2D eigenvalue weighted by Gasteiger charge is -2.26. The first-order valence-corrected chi connectivity index (χ1v) is 9.26. The van der Waals surface area contributed by atoms with Gasteiger partial charge in [-0.1, -0.05) is 24.0 Å². The molecule has 2 aromatic rings. The number of nitrogens with zero attached hydrogens (tertiary/aromatic N) is 2. The number of carbonyl (C=O) groups is 2. The van der Waals surface area contributed by atoms with E-state index in [0.29, 0.717) is 26.1 Å². The van der Waals surface area contributed by atoms with E-state index in [0.717, 1.165) is 37.7 Å². The molecule has 6 nitrogen and oxygen atoms in total. The van der Waals surface area contributed by atoms with E-state index in [1.54, 1.807) is 24.5 Å². The molecule has 2 aliphatic heterocycles. The van der Waals surface area contributed by atoms with Gasteiger partial charge in [-0.25, -0.2) is 0 Å². The summed E-state index contributed by atoms with van der Waals surface area (Å²) >= 11 is 6.17. The van der Waals surface area contributed by atoms with E-state index < -0.39 is 0 Å². The minimum atomic E-state index is -0.238. The number of thiocarbonyl (C=S) groups is 1. The van der Waals surface area contributed by atoms with Crippen LogP contribution < -0.4 is 5.32 Å². The number of rotatable bonds is 2. The number of hydrogen-bond donors (Lipinski definition) is 1. The Kier molecular flexibility index (Phi) is 4.30. The molecule has 4 rings (SSSR count). The van der Waals surface area contributed by atoms with Gasteiger partial charge in [-0.2, -0.15) is 0 Å². The van der Waals surface area contributed by atoms with Crippen molar-refractivity contribution in [2.24, 2.45) is 0 Å². The second-order valence-corrected chi connectivity index (χ2v) is 7.68. The number of fused-ring (bicyclic) bond motifs is 1. The first-order chi connectivity index (χ1) is 12.1. The van der Waals surface area contributed by atoms with Crippen LogP contribution >= 0.6 is 24.0 Å². The van der Waals surface area contributed by atoms with Gasteiger partial charge >= 0.3 is 0 Å². The maximum Gasteiger partial charge on any atom is 0.263 e. The zero-order valence-electron chi connectivity index (χ0n) is 13.3. The Morgan fingerprint density at radius 3 is 2.84 bits per heavy atom. The van der Waals surface area contributed by atoms with E-state index in [9.17, 15) is 9.59 Å². The Morgan fingerprint density at radius 1 is 1.32 bits per heavy atom. The van der Waals surface area contributed by atoms with E-state index in [1.807, 2.05) is 4.90 Å². The molecule has 0 aromatic carbocycles. The predicted octanol–water partition coefficient (Wildman–Crippen LogP) is 2.94. The lowest BCUT2D eigenvalue weighted by molar-refractivity contribution is -0.115. The fraction of sp³-hybridized carbons (Fsp3) is 0.294. The first-order valence-electron chi connectivity index (χ1n) is 8.03. The van der Waals surface area contributed by atoms with Crippen LogP contribution in [0.4, 0.5) is 0 Å². The number of aromatic nitrogens is 1. The maximum absolute atomic E-state index is 12.8. The average Bonchev–Trinajstić information content (AvgIpc) is 3.17. The molecule has 2 amide bonds. The van der Waals surface area contributed by atoms with Gasteiger partial charge in [0.15, 0.2) is 5.58 Å². The van der Waals surface area contributed by atoms with Crippen molar-refractivity contribution < 1.29 is 14.0 Å². The summed E-state index contributed by atoms with van der Waals surface area (Å²) in [5.41, 5.74) is 0.964. The fourth-order valence-corrected chi connectivity index (χ4v) is 4.05. The van der Waals surface area contributed by atoms with Crippen LogP contribution in [0.2, 0.25) is 0 Å². The SMILES string of the molecule is O=C1NC(=S)S/C1=C/c1cc2cncc(C(=O)N3CCCCC3)c2o1. The van der Waals surface area contributed by atoms with Gasteiger partial charge in [0.25, 0.3) is 11.8 Å². The third kappa shape index (κ3) is 3.19. The highest BCUT2D eigenvalue weighted by Crippen LogP contribution is 2.29. The van der Waals surface area contributed by atoms with E-state index in [-0.39, 0.29) is 11.8 Å².